The number of pyridine rings is 1. The third-order valence-corrected chi connectivity index (χ3v) is 6.03. The molecule has 0 saturated carbocycles. The molecule has 3 aromatic rings. The van der Waals surface area contributed by atoms with Gasteiger partial charge in [-0.3, -0.25) is 9.69 Å². The number of carbonyl (C=O) groups excluding carboxylic acids is 2. The van der Waals surface area contributed by atoms with Crippen molar-refractivity contribution in [1.82, 2.24) is 19.8 Å². The lowest BCUT2D eigenvalue weighted by Crippen LogP contribution is -2.43. The number of carbonyl (C=O) groups is 2. The van der Waals surface area contributed by atoms with Crippen LogP contribution in [0.3, 0.4) is 0 Å². The van der Waals surface area contributed by atoms with Gasteiger partial charge in [0.1, 0.15) is 11.6 Å². The molecule has 9 nitrogen and oxygen atoms in total. The van der Waals surface area contributed by atoms with Gasteiger partial charge in [0.2, 0.25) is 5.88 Å². The Morgan fingerprint density at radius 2 is 1.88 bits per heavy atom. The lowest BCUT2D eigenvalue weighted by molar-refractivity contribution is -0.142. The van der Waals surface area contributed by atoms with E-state index in [-0.39, 0.29) is 5.91 Å². The average molecular weight is 467 g/mol. The quantitative estimate of drug-likeness (QED) is 0.481. The van der Waals surface area contributed by atoms with Crippen LogP contribution in [0.5, 0.6) is 5.88 Å². The molecule has 34 heavy (non-hydrogen) atoms. The number of ether oxygens (including phenoxy) is 3. The number of nitrogens with one attached hydrogen (secondary N) is 1. The van der Waals surface area contributed by atoms with E-state index in [1.165, 1.54) is 7.11 Å². The molecular formula is C25H30N4O5. The lowest BCUT2D eigenvalue weighted by atomic mass is 10.1. The Hall–Kier alpha value is -3.43. The Balaban J connectivity index is 1.60. The van der Waals surface area contributed by atoms with Crippen molar-refractivity contribution < 1.29 is 23.8 Å². The Morgan fingerprint density at radius 3 is 2.59 bits per heavy atom. The summed E-state index contributed by atoms with van der Waals surface area (Å²) in [6.45, 7) is 4.67. The number of esters is 1. The highest BCUT2D eigenvalue weighted by Crippen LogP contribution is 2.28. The zero-order valence-electron chi connectivity index (χ0n) is 19.5. The van der Waals surface area contributed by atoms with Crippen LogP contribution in [-0.2, 0) is 27.2 Å². The first-order valence-corrected chi connectivity index (χ1v) is 11.3. The molecule has 1 aliphatic rings. The van der Waals surface area contributed by atoms with Crippen LogP contribution in [0.2, 0.25) is 0 Å². The van der Waals surface area contributed by atoms with Gasteiger partial charge in [0.15, 0.2) is 0 Å². The summed E-state index contributed by atoms with van der Waals surface area (Å²) in [6.07, 6.45) is 3.76. The number of methoxy groups -OCH3 is 2. The molecule has 0 aliphatic carbocycles. The second-order valence-electron chi connectivity index (χ2n) is 8.15. The van der Waals surface area contributed by atoms with Crippen molar-refractivity contribution in [2.75, 3.05) is 47.1 Å². The SMILES string of the molecule is COC(=O)[C@H](Cc1ccccc1)NC(=O)c1cn(CCN2CCOCC2)c2c(OC)nccc12. The Bertz CT molecular complexity index is 1130. The second kappa shape index (κ2) is 11.1. The third kappa shape index (κ3) is 5.37. The van der Waals surface area contributed by atoms with E-state index in [4.69, 9.17) is 14.2 Å². The lowest BCUT2D eigenvalue weighted by Gasteiger charge is -2.26. The van der Waals surface area contributed by atoms with Crippen LogP contribution >= 0.6 is 0 Å². The summed E-state index contributed by atoms with van der Waals surface area (Å²) in [5.41, 5.74) is 2.14. The van der Waals surface area contributed by atoms with E-state index in [9.17, 15) is 9.59 Å². The summed E-state index contributed by atoms with van der Waals surface area (Å²) >= 11 is 0. The fourth-order valence-corrected chi connectivity index (χ4v) is 4.22. The monoisotopic (exact) mass is 466 g/mol. The van der Waals surface area contributed by atoms with Crippen LogP contribution in [0.25, 0.3) is 10.9 Å². The van der Waals surface area contributed by atoms with E-state index >= 15 is 0 Å². The van der Waals surface area contributed by atoms with Gasteiger partial charge in [0.05, 0.1) is 33.0 Å². The predicted molar refractivity (Wildman–Crippen MR) is 127 cm³/mol. The van der Waals surface area contributed by atoms with Crippen molar-refractivity contribution in [3.05, 3.63) is 59.9 Å². The molecule has 1 amide bonds. The number of rotatable bonds is 9. The first kappa shape index (κ1) is 23.7. The van der Waals surface area contributed by atoms with Gasteiger partial charge in [0, 0.05) is 50.4 Å². The van der Waals surface area contributed by atoms with Crippen LogP contribution in [0, 0.1) is 0 Å². The Labute approximate surface area is 198 Å². The maximum Gasteiger partial charge on any atom is 0.328 e. The van der Waals surface area contributed by atoms with Gasteiger partial charge < -0.3 is 24.1 Å². The summed E-state index contributed by atoms with van der Waals surface area (Å²) in [6, 6.07) is 10.5. The van der Waals surface area contributed by atoms with Crippen LogP contribution in [0.1, 0.15) is 15.9 Å². The van der Waals surface area contributed by atoms with E-state index in [0.29, 0.717) is 24.4 Å². The van der Waals surface area contributed by atoms with Crippen LogP contribution in [-0.4, -0.2) is 79.4 Å². The van der Waals surface area contributed by atoms with E-state index < -0.39 is 12.0 Å². The number of morpholine rings is 1. The standard InChI is InChI=1S/C25H30N4O5/c1-32-24-22-19(8-9-26-24)20(17-29(22)11-10-28-12-14-34-15-13-28)23(30)27-21(25(31)33-2)16-18-6-4-3-5-7-18/h3-9,17,21H,10-16H2,1-2H3,(H,27,30)/t21-/m0/s1. The fraction of sp³-hybridized carbons (Fsp3) is 0.400. The number of fused-ring (bicyclic) bond motifs is 1. The van der Waals surface area contributed by atoms with E-state index in [0.717, 1.165) is 49.3 Å². The highest BCUT2D eigenvalue weighted by Gasteiger charge is 2.26. The summed E-state index contributed by atoms with van der Waals surface area (Å²) in [7, 11) is 2.88. The number of nitrogens with zero attached hydrogens (tertiary/aromatic N) is 3. The number of benzene rings is 1. The molecule has 9 heteroatoms. The van der Waals surface area contributed by atoms with Gasteiger partial charge in [-0.05, 0) is 11.6 Å². The second-order valence-corrected chi connectivity index (χ2v) is 8.15. The van der Waals surface area contributed by atoms with Crippen molar-refractivity contribution in [3.63, 3.8) is 0 Å². The number of hydrogen-bond donors (Lipinski definition) is 1. The molecule has 0 bridgehead atoms. The number of aromatic nitrogens is 2. The third-order valence-electron chi connectivity index (χ3n) is 6.03. The predicted octanol–water partition coefficient (Wildman–Crippen LogP) is 1.89. The molecule has 4 rings (SSSR count). The van der Waals surface area contributed by atoms with E-state index in [2.05, 4.69) is 15.2 Å². The summed E-state index contributed by atoms with van der Waals surface area (Å²) < 4.78 is 17.9. The zero-order valence-corrected chi connectivity index (χ0v) is 19.5. The smallest absolute Gasteiger partial charge is 0.328 e. The largest absolute Gasteiger partial charge is 0.479 e. The Morgan fingerprint density at radius 1 is 1.12 bits per heavy atom. The first-order chi connectivity index (χ1) is 16.6. The molecule has 1 atom stereocenters. The topological polar surface area (TPSA) is 94.9 Å². The van der Waals surface area contributed by atoms with Gasteiger partial charge in [0.25, 0.3) is 5.91 Å². The fourth-order valence-electron chi connectivity index (χ4n) is 4.22. The molecule has 1 aliphatic heterocycles. The maximum absolute atomic E-state index is 13.4. The normalized spacial score (nSPS) is 15.1. The molecule has 1 N–H and O–H groups in total. The maximum atomic E-state index is 13.4. The van der Waals surface area contributed by atoms with Crippen molar-refractivity contribution in [2.24, 2.45) is 0 Å². The molecule has 1 fully saturated rings. The number of amides is 1. The van der Waals surface area contributed by atoms with Gasteiger partial charge in [-0.15, -0.1) is 0 Å². The van der Waals surface area contributed by atoms with Crippen molar-refractivity contribution in [2.45, 2.75) is 19.0 Å². The van der Waals surface area contributed by atoms with E-state index in [1.54, 1.807) is 19.4 Å². The molecule has 180 valence electrons. The van der Waals surface area contributed by atoms with Crippen LogP contribution < -0.4 is 10.1 Å². The highest BCUT2D eigenvalue weighted by atomic mass is 16.5. The van der Waals surface area contributed by atoms with Crippen molar-refractivity contribution >= 4 is 22.8 Å². The van der Waals surface area contributed by atoms with Gasteiger partial charge in [-0.2, -0.15) is 0 Å². The molecule has 0 radical (unpaired) electrons. The molecule has 0 spiro atoms. The minimum atomic E-state index is -0.810. The molecular weight excluding hydrogens is 436 g/mol. The van der Waals surface area contributed by atoms with Gasteiger partial charge >= 0.3 is 5.97 Å². The summed E-state index contributed by atoms with van der Waals surface area (Å²) in [4.78, 5) is 32.5. The summed E-state index contributed by atoms with van der Waals surface area (Å²) in [5, 5.41) is 3.58. The highest BCUT2D eigenvalue weighted by molar-refractivity contribution is 6.08. The summed E-state index contributed by atoms with van der Waals surface area (Å²) in [5.74, 6) is -0.394. The average Bonchev–Trinajstić information content (AvgIpc) is 3.27. The Kier molecular flexibility index (Phi) is 7.76. The number of hydrogen-bond acceptors (Lipinski definition) is 7. The van der Waals surface area contributed by atoms with Gasteiger partial charge in [-0.25, -0.2) is 9.78 Å². The van der Waals surface area contributed by atoms with Crippen LogP contribution in [0.4, 0.5) is 0 Å². The molecule has 0 unspecified atom stereocenters. The first-order valence-electron chi connectivity index (χ1n) is 11.3. The van der Waals surface area contributed by atoms with Crippen molar-refractivity contribution in [1.29, 1.82) is 0 Å². The molecule has 1 saturated heterocycles. The van der Waals surface area contributed by atoms with Gasteiger partial charge in [-0.1, -0.05) is 30.3 Å². The molecule has 2 aromatic heterocycles. The van der Waals surface area contributed by atoms with Crippen LogP contribution in [0.15, 0.2) is 48.8 Å². The minimum absolute atomic E-state index is 0.333. The molecule has 1 aromatic carbocycles. The zero-order chi connectivity index (χ0) is 23.9. The minimum Gasteiger partial charge on any atom is -0.479 e. The van der Waals surface area contributed by atoms with E-state index in [1.807, 2.05) is 41.1 Å². The molecule has 3 heterocycles. The van der Waals surface area contributed by atoms with Crippen molar-refractivity contribution in [3.8, 4) is 5.88 Å².